The van der Waals surface area contributed by atoms with Crippen molar-refractivity contribution < 1.29 is 9.53 Å². The predicted octanol–water partition coefficient (Wildman–Crippen LogP) is 2.27. The molecule has 1 spiro atoms. The molecule has 1 saturated heterocycles. The predicted molar refractivity (Wildman–Crippen MR) is 45.7 cm³/mol. The van der Waals surface area contributed by atoms with Crippen LogP contribution in [0.3, 0.4) is 0 Å². The third-order valence-corrected chi connectivity index (χ3v) is 3.30. The molecule has 0 bridgehead atoms. The summed E-state index contributed by atoms with van der Waals surface area (Å²) >= 11 is 0. The van der Waals surface area contributed by atoms with Crippen LogP contribution in [0.15, 0.2) is 0 Å². The number of rotatable bonds is 0. The molecule has 1 saturated carbocycles. The average molecular weight is 168 g/mol. The Balaban J connectivity index is 1.99. The fourth-order valence-corrected chi connectivity index (χ4v) is 2.31. The lowest BCUT2D eigenvalue weighted by Gasteiger charge is -2.34. The first-order valence-corrected chi connectivity index (χ1v) is 4.92. The summed E-state index contributed by atoms with van der Waals surface area (Å²) in [5.74, 6) is 0.847. The molecule has 0 radical (unpaired) electrons. The maximum Gasteiger partial charge on any atom is 0.306 e. The van der Waals surface area contributed by atoms with E-state index in [1.165, 1.54) is 12.8 Å². The van der Waals surface area contributed by atoms with Crippen LogP contribution in [-0.2, 0) is 9.53 Å². The number of carbonyl (C=O) groups excluding carboxylic acids is 1. The first-order valence-electron chi connectivity index (χ1n) is 4.92. The van der Waals surface area contributed by atoms with E-state index in [0.717, 1.165) is 25.2 Å². The smallest absolute Gasteiger partial charge is 0.306 e. The molecule has 2 heteroatoms. The Morgan fingerprint density at radius 1 is 1.33 bits per heavy atom. The third-order valence-electron chi connectivity index (χ3n) is 3.30. The summed E-state index contributed by atoms with van der Waals surface area (Å²) in [4.78, 5) is 11.0. The molecule has 1 aliphatic carbocycles. The van der Waals surface area contributed by atoms with E-state index < -0.39 is 0 Å². The Labute approximate surface area is 73.3 Å². The van der Waals surface area contributed by atoms with Crippen molar-refractivity contribution in [3.63, 3.8) is 0 Å². The molecule has 0 aromatic heterocycles. The van der Waals surface area contributed by atoms with Gasteiger partial charge in [0.15, 0.2) is 0 Å². The molecule has 2 rings (SSSR count). The topological polar surface area (TPSA) is 26.3 Å². The lowest BCUT2D eigenvalue weighted by molar-refractivity contribution is -0.151. The zero-order valence-corrected chi connectivity index (χ0v) is 7.64. The number of ether oxygens (including phenoxy) is 1. The number of carbonyl (C=O) groups is 1. The maximum absolute atomic E-state index is 11.0. The van der Waals surface area contributed by atoms with Gasteiger partial charge in [0, 0.05) is 6.42 Å². The molecule has 0 N–H and O–H groups in total. The molecular weight excluding hydrogens is 152 g/mol. The third kappa shape index (κ3) is 1.35. The highest BCUT2D eigenvalue weighted by Gasteiger charge is 2.42. The maximum atomic E-state index is 11.0. The van der Waals surface area contributed by atoms with Crippen molar-refractivity contribution in [2.45, 2.75) is 51.0 Å². The van der Waals surface area contributed by atoms with Gasteiger partial charge in [-0.15, -0.1) is 0 Å². The summed E-state index contributed by atoms with van der Waals surface area (Å²) in [5.41, 5.74) is -0.0242. The summed E-state index contributed by atoms with van der Waals surface area (Å²) in [6.07, 6.45) is 6.27. The van der Waals surface area contributed by atoms with Crippen molar-refractivity contribution in [2.24, 2.45) is 5.92 Å². The summed E-state index contributed by atoms with van der Waals surface area (Å²) in [5, 5.41) is 0. The van der Waals surface area contributed by atoms with Crippen molar-refractivity contribution >= 4 is 5.97 Å². The van der Waals surface area contributed by atoms with Gasteiger partial charge in [-0.25, -0.2) is 0 Å². The van der Waals surface area contributed by atoms with Gasteiger partial charge in [0.25, 0.3) is 0 Å². The molecule has 0 aromatic carbocycles. The molecule has 1 heterocycles. The molecule has 2 fully saturated rings. The second-order valence-corrected chi connectivity index (χ2v) is 4.34. The van der Waals surface area contributed by atoms with Gasteiger partial charge in [-0.2, -0.15) is 0 Å². The van der Waals surface area contributed by atoms with E-state index in [1.54, 1.807) is 0 Å². The molecule has 0 amide bonds. The Bertz CT molecular complexity index is 190. The zero-order chi connectivity index (χ0) is 8.60. The van der Waals surface area contributed by atoms with Crippen molar-refractivity contribution in [3.05, 3.63) is 0 Å². The van der Waals surface area contributed by atoms with Gasteiger partial charge in [0.2, 0.25) is 0 Å². The van der Waals surface area contributed by atoms with E-state index in [2.05, 4.69) is 6.92 Å². The lowest BCUT2D eigenvalue weighted by atomic mass is 9.78. The lowest BCUT2D eigenvalue weighted by Crippen LogP contribution is -2.33. The summed E-state index contributed by atoms with van der Waals surface area (Å²) in [7, 11) is 0. The molecule has 0 unspecified atom stereocenters. The molecule has 2 nitrogen and oxygen atoms in total. The van der Waals surface area contributed by atoms with Crippen LogP contribution in [0.2, 0.25) is 0 Å². The van der Waals surface area contributed by atoms with Crippen LogP contribution < -0.4 is 0 Å². The van der Waals surface area contributed by atoms with E-state index in [1.807, 2.05) is 0 Å². The van der Waals surface area contributed by atoms with Gasteiger partial charge in [0.1, 0.15) is 5.60 Å². The highest BCUT2D eigenvalue weighted by atomic mass is 16.6. The van der Waals surface area contributed by atoms with E-state index in [4.69, 9.17) is 4.74 Å². The van der Waals surface area contributed by atoms with Gasteiger partial charge < -0.3 is 4.74 Å². The van der Waals surface area contributed by atoms with E-state index in [9.17, 15) is 4.79 Å². The van der Waals surface area contributed by atoms with Gasteiger partial charge in [-0.05, 0) is 38.0 Å². The van der Waals surface area contributed by atoms with E-state index in [0.29, 0.717) is 6.42 Å². The minimum atomic E-state index is -0.0242. The van der Waals surface area contributed by atoms with Gasteiger partial charge >= 0.3 is 5.97 Å². The molecule has 0 aromatic rings. The van der Waals surface area contributed by atoms with Crippen molar-refractivity contribution in [1.29, 1.82) is 0 Å². The largest absolute Gasteiger partial charge is 0.459 e. The van der Waals surface area contributed by atoms with Crippen LogP contribution in [0.4, 0.5) is 0 Å². The van der Waals surface area contributed by atoms with Crippen LogP contribution in [0, 0.1) is 5.92 Å². The van der Waals surface area contributed by atoms with Gasteiger partial charge in [0.05, 0.1) is 0 Å². The Morgan fingerprint density at radius 2 is 2.00 bits per heavy atom. The fourth-order valence-electron chi connectivity index (χ4n) is 2.31. The number of hydrogen-bond acceptors (Lipinski definition) is 2. The standard InChI is InChI=1S/C10H16O2/c1-8-2-5-10(6-3-8)7-4-9(11)12-10/h8H,2-7H2,1H3. The zero-order valence-electron chi connectivity index (χ0n) is 7.64. The minimum Gasteiger partial charge on any atom is -0.459 e. The molecule has 12 heavy (non-hydrogen) atoms. The first kappa shape index (κ1) is 8.09. The highest BCUT2D eigenvalue weighted by molar-refractivity contribution is 5.72. The second kappa shape index (κ2) is 2.75. The highest BCUT2D eigenvalue weighted by Crippen LogP contribution is 2.41. The average Bonchev–Trinajstić information content (AvgIpc) is 2.40. The first-order chi connectivity index (χ1) is 5.70. The van der Waals surface area contributed by atoms with E-state index >= 15 is 0 Å². The Kier molecular flexibility index (Phi) is 1.85. The summed E-state index contributed by atoms with van der Waals surface area (Å²) < 4.78 is 5.40. The van der Waals surface area contributed by atoms with Crippen molar-refractivity contribution in [1.82, 2.24) is 0 Å². The van der Waals surface area contributed by atoms with Gasteiger partial charge in [-0.1, -0.05) is 6.92 Å². The minimum absolute atomic E-state index is 0.0181. The SMILES string of the molecule is CC1CCC2(CCC(=O)O2)CC1. The summed E-state index contributed by atoms with van der Waals surface area (Å²) in [6.45, 7) is 2.28. The molecule has 1 aliphatic heterocycles. The van der Waals surface area contributed by atoms with E-state index in [-0.39, 0.29) is 11.6 Å². The molecule has 0 atom stereocenters. The van der Waals surface area contributed by atoms with Crippen LogP contribution in [0.5, 0.6) is 0 Å². The fraction of sp³-hybridized carbons (Fsp3) is 0.900. The summed E-state index contributed by atoms with van der Waals surface area (Å²) in [6, 6.07) is 0. The van der Waals surface area contributed by atoms with Crippen LogP contribution in [0.1, 0.15) is 45.4 Å². The Morgan fingerprint density at radius 3 is 2.50 bits per heavy atom. The monoisotopic (exact) mass is 168 g/mol. The normalized spacial score (nSPS) is 41.8. The molecule has 2 aliphatic rings. The van der Waals surface area contributed by atoms with Crippen LogP contribution in [0.25, 0.3) is 0 Å². The second-order valence-electron chi connectivity index (χ2n) is 4.34. The molecule has 68 valence electrons. The van der Waals surface area contributed by atoms with Gasteiger partial charge in [-0.3, -0.25) is 4.79 Å². The Hall–Kier alpha value is -0.530. The number of hydrogen-bond donors (Lipinski definition) is 0. The van der Waals surface area contributed by atoms with Crippen LogP contribution in [-0.4, -0.2) is 11.6 Å². The molecular formula is C10H16O2. The van der Waals surface area contributed by atoms with Crippen molar-refractivity contribution in [2.75, 3.05) is 0 Å². The van der Waals surface area contributed by atoms with Crippen molar-refractivity contribution in [3.8, 4) is 0 Å². The van der Waals surface area contributed by atoms with Crippen LogP contribution >= 0.6 is 0 Å². The quantitative estimate of drug-likeness (QED) is 0.519. The number of esters is 1.